The maximum absolute atomic E-state index is 4.76. The molecule has 0 amide bonds. The Labute approximate surface area is 121 Å². The van der Waals surface area contributed by atoms with Gasteiger partial charge in [0, 0.05) is 22.4 Å². The van der Waals surface area contributed by atoms with E-state index in [2.05, 4.69) is 52.1 Å². The van der Waals surface area contributed by atoms with Crippen LogP contribution in [0.4, 0.5) is 0 Å². The molecule has 0 saturated carbocycles. The Hall–Kier alpha value is -0.670. The minimum absolute atomic E-state index is 0.154. The van der Waals surface area contributed by atoms with E-state index in [1.54, 1.807) is 0 Å². The van der Waals surface area contributed by atoms with Gasteiger partial charge < -0.3 is 5.32 Å². The molecule has 0 bridgehead atoms. The topological polar surface area (TPSA) is 24.9 Å². The van der Waals surface area contributed by atoms with E-state index < -0.39 is 0 Å². The van der Waals surface area contributed by atoms with Crippen molar-refractivity contribution in [2.45, 2.75) is 71.4 Å². The largest absolute Gasteiger partial charge is 0.306 e. The number of nitrogens with one attached hydrogen (secondary N) is 1. The zero-order chi connectivity index (χ0) is 14.0. The fourth-order valence-electron chi connectivity index (χ4n) is 2.50. The van der Waals surface area contributed by atoms with Gasteiger partial charge in [-0.2, -0.15) is 0 Å². The molecule has 2 rings (SSSR count). The van der Waals surface area contributed by atoms with Crippen LogP contribution >= 0.6 is 11.3 Å². The summed E-state index contributed by atoms with van der Waals surface area (Å²) in [6.07, 6.45) is 8.21. The summed E-state index contributed by atoms with van der Waals surface area (Å²) in [5.41, 5.74) is 1.35. The van der Waals surface area contributed by atoms with Gasteiger partial charge in [0.05, 0.1) is 10.7 Å². The maximum atomic E-state index is 4.76. The predicted octanol–water partition coefficient (Wildman–Crippen LogP) is 4.51. The summed E-state index contributed by atoms with van der Waals surface area (Å²) in [5, 5.41) is 5.01. The number of rotatable bonds is 3. The van der Waals surface area contributed by atoms with Crippen molar-refractivity contribution in [3.05, 3.63) is 27.7 Å². The van der Waals surface area contributed by atoms with Crippen molar-refractivity contribution in [1.82, 2.24) is 10.3 Å². The standard InChI is InChI=1S/C16H26N2S/c1-11(17-13-9-7-6-8-10-13)14-12(2)18-15(19-14)16(3,4)5/h6-7,11,13,17H,8-10H2,1-5H3. The van der Waals surface area contributed by atoms with Gasteiger partial charge in [0.15, 0.2) is 0 Å². The number of allylic oxidation sites excluding steroid dienone is 1. The summed E-state index contributed by atoms with van der Waals surface area (Å²) in [6.45, 7) is 11.1. The summed E-state index contributed by atoms with van der Waals surface area (Å²) < 4.78 is 0. The second kappa shape index (κ2) is 5.76. The monoisotopic (exact) mass is 278 g/mol. The molecule has 0 spiro atoms. The van der Waals surface area contributed by atoms with Crippen molar-refractivity contribution >= 4 is 11.3 Å². The third kappa shape index (κ3) is 3.67. The Balaban J connectivity index is 2.08. The lowest BCUT2D eigenvalue weighted by atomic mass is 9.98. The maximum Gasteiger partial charge on any atom is 0.0985 e. The minimum Gasteiger partial charge on any atom is -0.306 e. The number of thiazole rings is 1. The lowest BCUT2D eigenvalue weighted by Crippen LogP contribution is -2.32. The third-order valence-corrected chi connectivity index (χ3v) is 5.39. The van der Waals surface area contributed by atoms with Crippen molar-refractivity contribution in [1.29, 1.82) is 0 Å². The fourth-order valence-corrected chi connectivity index (χ4v) is 3.64. The Bertz CT molecular complexity index is 454. The van der Waals surface area contributed by atoms with Gasteiger partial charge in [0.1, 0.15) is 0 Å². The average Bonchev–Trinajstić information content (AvgIpc) is 2.72. The molecule has 0 saturated heterocycles. The van der Waals surface area contributed by atoms with E-state index >= 15 is 0 Å². The highest BCUT2D eigenvalue weighted by Crippen LogP contribution is 2.33. The molecular weight excluding hydrogens is 252 g/mol. The van der Waals surface area contributed by atoms with Gasteiger partial charge in [-0.05, 0) is 33.1 Å². The summed E-state index contributed by atoms with van der Waals surface area (Å²) in [4.78, 5) is 6.16. The first-order chi connectivity index (χ1) is 8.88. The van der Waals surface area contributed by atoms with Crippen LogP contribution < -0.4 is 5.32 Å². The van der Waals surface area contributed by atoms with E-state index in [1.165, 1.54) is 28.4 Å². The van der Waals surface area contributed by atoms with Crippen LogP contribution in [0.2, 0.25) is 0 Å². The molecule has 2 nitrogen and oxygen atoms in total. The zero-order valence-electron chi connectivity index (χ0n) is 12.8. The SMILES string of the molecule is Cc1nc(C(C)(C)C)sc1C(C)NC1CC=CCC1. The third-order valence-electron chi connectivity index (χ3n) is 3.62. The van der Waals surface area contributed by atoms with E-state index in [0.29, 0.717) is 12.1 Å². The number of hydrogen-bond donors (Lipinski definition) is 1. The van der Waals surface area contributed by atoms with Crippen LogP contribution in [0.5, 0.6) is 0 Å². The smallest absolute Gasteiger partial charge is 0.0985 e. The van der Waals surface area contributed by atoms with E-state index in [0.717, 1.165) is 6.42 Å². The van der Waals surface area contributed by atoms with Gasteiger partial charge >= 0.3 is 0 Å². The Morgan fingerprint density at radius 1 is 1.37 bits per heavy atom. The molecule has 19 heavy (non-hydrogen) atoms. The van der Waals surface area contributed by atoms with Gasteiger partial charge in [-0.15, -0.1) is 11.3 Å². The summed E-state index contributed by atoms with van der Waals surface area (Å²) in [7, 11) is 0. The molecular formula is C16H26N2S. The van der Waals surface area contributed by atoms with Crippen LogP contribution in [-0.4, -0.2) is 11.0 Å². The Morgan fingerprint density at radius 3 is 2.63 bits per heavy atom. The highest BCUT2D eigenvalue weighted by Gasteiger charge is 2.23. The highest BCUT2D eigenvalue weighted by molar-refractivity contribution is 7.12. The van der Waals surface area contributed by atoms with E-state index in [4.69, 9.17) is 4.98 Å². The molecule has 0 aliphatic heterocycles. The molecule has 0 fully saturated rings. The second-order valence-electron chi connectivity index (χ2n) is 6.59. The molecule has 1 aromatic heterocycles. The lowest BCUT2D eigenvalue weighted by molar-refractivity contribution is 0.428. The quantitative estimate of drug-likeness (QED) is 0.823. The van der Waals surface area contributed by atoms with Gasteiger partial charge in [-0.1, -0.05) is 32.9 Å². The van der Waals surface area contributed by atoms with Crippen LogP contribution in [0, 0.1) is 6.92 Å². The second-order valence-corrected chi connectivity index (χ2v) is 7.62. The number of nitrogens with zero attached hydrogens (tertiary/aromatic N) is 1. The summed E-state index contributed by atoms with van der Waals surface area (Å²) >= 11 is 1.87. The molecule has 2 unspecified atom stereocenters. The highest BCUT2D eigenvalue weighted by atomic mass is 32.1. The van der Waals surface area contributed by atoms with Gasteiger partial charge in [0.25, 0.3) is 0 Å². The molecule has 3 heteroatoms. The molecule has 0 aromatic carbocycles. The first kappa shape index (κ1) is 14.7. The molecule has 0 radical (unpaired) electrons. The first-order valence-electron chi connectivity index (χ1n) is 7.27. The predicted molar refractivity (Wildman–Crippen MR) is 83.9 cm³/mol. The van der Waals surface area contributed by atoms with E-state index in [-0.39, 0.29) is 5.41 Å². The van der Waals surface area contributed by atoms with Crippen molar-refractivity contribution in [3.63, 3.8) is 0 Å². The van der Waals surface area contributed by atoms with E-state index in [9.17, 15) is 0 Å². The van der Waals surface area contributed by atoms with E-state index in [1.807, 2.05) is 11.3 Å². The number of hydrogen-bond acceptors (Lipinski definition) is 3. The van der Waals surface area contributed by atoms with Crippen molar-refractivity contribution < 1.29 is 0 Å². The molecule has 1 aliphatic carbocycles. The first-order valence-corrected chi connectivity index (χ1v) is 8.08. The number of aryl methyl sites for hydroxylation is 1. The Morgan fingerprint density at radius 2 is 2.11 bits per heavy atom. The summed E-state index contributed by atoms with van der Waals surface area (Å²) in [5.74, 6) is 0. The molecule has 1 N–H and O–H groups in total. The minimum atomic E-state index is 0.154. The van der Waals surface area contributed by atoms with Crippen molar-refractivity contribution in [2.75, 3.05) is 0 Å². The Kier molecular flexibility index (Phi) is 4.46. The molecule has 1 heterocycles. The normalized spacial score (nSPS) is 21.6. The fraction of sp³-hybridized carbons (Fsp3) is 0.688. The van der Waals surface area contributed by atoms with Crippen LogP contribution in [0.25, 0.3) is 0 Å². The van der Waals surface area contributed by atoms with Gasteiger partial charge in [-0.25, -0.2) is 4.98 Å². The van der Waals surface area contributed by atoms with Crippen LogP contribution in [0.3, 0.4) is 0 Å². The van der Waals surface area contributed by atoms with Gasteiger partial charge in [-0.3, -0.25) is 0 Å². The van der Waals surface area contributed by atoms with Crippen LogP contribution in [0.15, 0.2) is 12.2 Å². The average molecular weight is 278 g/mol. The molecule has 2 atom stereocenters. The zero-order valence-corrected chi connectivity index (χ0v) is 13.6. The van der Waals surface area contributed by atoms with Gasteiger partial charge in [0.2, 0.25) is 0 Å². The van der Waals surface area contributed by atoms with Crippen molar-refractivity contribution in [3.8, 4) is 0 Å². The number of aromatic nitrogens is 1. The van der Waals surface area contributed by atoms with Crippen LogP contribution in [0.1, 0.15) is 68.6 Å². The lowest BCUT2D eigenvalue weighted by Gasteiger charge is -2.23. The molecule has 1 aliphatic rings. The summed E-state index contributed by atoms with van der Waals surface area (Å²) in [6, 6.07) is 1.03. The van der Waals surface area contributed by atoms with Crippen LogP contribution in [-0.2, 0) is 5.41 Å². The molecule has 1 aromatic rings. The van der Waals surface area contributed by atoms with Crippen molar-refractivity contribution in [2.24, 2.45) is 0 Å². The molecule has 106 valence electrons.